The highest BCUT2D eigenvalue weighted by molar-refractivity contribution is 7.92. The second-order valence-corrected chi connectivity index (χ2v) is 10.1. The summed E-state index contributed by atoms with van der Waals surface area (Å²) >= 11 is 0. The number of hydrazone groups is 1. The molecule has 1 amide bonds. The summed E-state index contributed by atoms with van der Waals surface area (Å²) in [7, 11) is -3.74. The van der Waals surface area contributed by atoms with Crippen LogP contribution >= 0.6 is 0 Å². The Morgan fingerprint density at radius 3 is 2.15 bits per heavy atom. The van der Waals surface area contributed by atoms with Crippen molar-refractivity contribution in [2.45, 2.75) is 4.90 Å². The minimum Gasteiger partial charge on any atom is -0.280 e. The van der Waals surface area contributed by atoms with Crippen LogP contribution in [-0.2, 0) is 10.0 Å². The molecule has 0 fully saturated rings. The first kappa shape index (κ1) is 25.6. The topological polar surface area (TPSA) is 105 Å². The lowest BCUT2D eigenvalue weighted by atomic mass is 10.1. The predicted octanol–water partition coefficient (Wildman–Crippen LogP) is 5.24. The van der Waals surface area contributed by atoms with Crippen molar-refractivity contribution in [3.63, 3.8) is 0 Å². The fraction of sp³-hybridized carbons (Fsp3) is 0. The molecule has 0 saturated heterocycles. The zero-order valence-electron chi connectivity index (χ0n) is 20.4. The van der Waals surface area contributed by atoms with Crippen molar-refractivity contribution in [3.8, 4) is 16.9 Å². The van der Waals surface area contributed by atoms with E-state index in [4.69, 9.17) is 0 Å². The third kappa shape index (κ3) is 6.08. The Bertz CT molecular complexity index is 1720. The molecular weight excluding hydrogens is 517 g/mol. The highest BCUT2D eigenvalue weighted by atomic mass is 32.2. The van der Waals surface area contributed by atoms with Crippen LogP contribution in [0.15, 0.2) is 125 Å². The van der Waals surface area contributed by atoms with E-state index in [1.54, 1.807) is 41.2 Å². The molecule has 0 saturated carbocycles. The maximum atomic E-state index is 13.5. The number of carbonyl (C=O) groups is 1. The first-order valence-corrected chi connectivity index (χ1v) is 13.3. The van der Waals surface area contributed by atoms with Crippen LogP contribution in [-0.4, -0.2) is 30.3 Å². The second-order valence-electron chi connectivity index (χ2n) is 8.42. The average molecular weight is 540 g/mol. The van der Waals surface area contributed by atoms with Crippen molar-refractivity contribution >= 4 is 27.8 Å². The molecule has 1 aromatic heterocycles. The van der Waals surface area contributed by atoms with Crippen molar-refractivity contribution in [3.05, 3.63) is 132 Å². The number of nitrogens with one attached hydrogen (secondary N) is 2. The summed E-state index contributed by atoms with van der Waals surface area (Å²) in [5.41, 5.74) is 5.76. The fourth-order valence-corrected chi connectivity index (χ4v) is 4.83. The van der Waals surface area contributed by atoms with Gasteiger partial charge in [0.1, 0.15) is 11.5 Å². The van der Waals surface area contributed by atoms with Crippen molar-refractivity contribution in [1.82, 2.24) is 15.2 Å². The predicted molar refractivity (Wildman–Crippen MR) is 148 cm³/mol. The number of aromatic nitrogens is 2. The lowest BCUT2D eigenvalue weighted by Gasteiger charge is -2.08. The monoisotopic (exact) mass is 539 g/mol. The first-order valence-electron chi connectivity index (χ1n) is 11.8. The van der Waals surface area contributed by atoms with Gasteiger partial charge in [-0.3, -0.25) is 9.52 Å². The third-order valence-corrected chi connectivity index (χ3v) is 7.10. The number of anilines is 1. The highest BCUT2D eigenvalue weighted by Gasteiger charge is 2.14. The molecule has 0 spiro atoms. The summed E-state index contributed by atoms with van der Waals surface area (Å²) < 4.78 is 42.6. The number of rotatable bonds is 8. The molecule has 0 aliphatic carbocycles. The molecule has 39 heavy (non-hydrogen) atoms. The Hall–Kier alpha value is -5.09. The summed E-state index contributed by atoms with van der Waals surface area (Å²) in [5.74, 6) is -0.842. The van der Waals surface area contributed by atoms with Crippen molar-refractivity contribution in [2.75, 3.05) is 4.72 Å². The molecule has 194 valence electrons. The quantitative estimate of drug-likeness (QED) is 0.208. The molecule has 0 aliphatic heterocycles. The van der Waals surface area contributed by atoms with E-state index < -0.39 is 15.9 Å². The number of para-hydroxylation sites is 1. The largest absolute Gasteiger partial charge is 0.280 e. The molecule has 1 heterocycles. The van der Waals surface area contributed by atoms with Crippen molar-refractivity contribution < 1.29 is 17.6 Å². The zero-order chi connectivity index (χ0) is 27.2. The summed E-state index contributed by atoms with van der Waals surface area (Å²) in [5, 5.41) is 8.72. The molecule has 0 bridgehead atoms. The van der Waals surface area contributed by atoms with Gasteiger partial charge in [0.2, 0.25) is 0 Å². The van der Waals surface area contributed by atoms with Crippen LogP contribution in [0.3, 0.4) is 0 Å². The van der Waals surface area contributed by atoms with Crippen LogP contribution in [0.4, 0.5) is 10.1 Å². The van der Waals surface area contributed by atoms with E-state index in [0.29, 0.717) is 22.5 Å². The number of hydrogen-bond donors (Lipinski definition) is 2. The normalized spacial score (nSPS) is 11.4. The van der Waals surface area contributed by atoms with Gasteiger partial charge in [0.15, 0.2) is 0 Å². The Labute approximate surface area is 224 Å². The van der Waals surface area contributed by atoms with E-state index in [2.05, 4.69) is 20.3 Å². The maximum absolute atomic E-state index is 13.5. The van der Waals surface area contributed by atoms with Gasteiger partial charge in [-0.15, -0.1) is 0 Å². The van der Waals surface area contributed by atoms with Gasteiger partial charge < -0.3 is 0 Å². The van der Waals surface area contributed by atoms with Gasteiger partial charge in [0.25, 0.3) is 15.9 Å². The molecule has 0 unspecified atom stereocenters. The van der Waals surface area contributed by atoms with E-state index in [0.717, 1.165) is 5.69 Å². The van der Waals surface area contributed by atoms with Crippen LogP contribution < -0.4 is 10.1 Å². The zero-order valence-corrected chi connectivity index (χ0v) is 21.2. The Balaban J connectivity index is 1.31. The van der Waals surface area contributed by atoms with Crippen molar-refractivity contribution in [1.29, 1.82) is 0 Å². The Kier molecular flexibility index (Phi) is 7.28. The molecule has 2 N–H and O–H groups in total. The Morgan fingerprint density at radius 1 is 0.846 bits per heavy atom. The molecule has 0 radical (unpaired) electrons. The molecule has 8 nitrogen and oxygen atoms in total. The summed E-state index contributed by atoms with van der Waals surface area (Å²) in [6.45, 7) is 0. The number of hydrogen-bond acceptors (Lipinski definition) is 5. The number of halogens is 1. The van der Waals surface area contributed by atoms with E-state index >= 15 is 0 Å². The lowest BCUT2D eigenvalue weighted by Crippen LogP contribution is -2.18. The van der Waals surface area contributed by atoms with Crippen LogP contribution in [0.5, 0.6) is 0 Å². The van der Waals surface area contributed by atoms with E-state index in [1.807, 2.05) is 30.3 Å². The van der Waals surface area contributed by atoms with Crippen molar-refractivity contribution in [2.24, 2.45) is 5.10 Å². The van der Waals surface area contributed by atoms with Gasteiger partial charge in [0, 0.05) is 28.6 Å². The molecule has 0 aliphatic rings. The number of nitrogens with zero attached hydrogens (tertiary/aromatic N) is 3. The van der Waals surface area contributed by atoms with E-state index in [1.165, 1.54) is 54.7 Å². The molecule has 10 heteroatoms. The highest BCUT2D eigenvalue weighted by Crippen LogP contribution is 2.23. The van der Waals surface area contributed by atoms with Gasteiger partial charge in [-0.1, -0.05) is 36.4 Å². The van der Waals surface area contributed by atoms with Gasteiger partial charge in [-0.25, -0.2) is 22.9 Å². The van der Waals surface area contributed by atoms with E-state index in [9.17, 15) is 17.6 Å². The maximum Gasteiger partial charge on any atom is 0.271 e. The number of sulfonamides is 1. The minimum absolute atomic E-state index is 0.136. The second kappa shape index (κ2) is 11.1. The fourth-order valence-electron chi connectivity index (χ4n) is 3.76. The standard InChI is InChI=1S/C29H22FN5O3S/c30-24-15-11-21(12-16-24)28-23(20-35(33-28)26-7-3-1-4-8-26)19-31-32-29(36)22-13-17-25(18-14-22)34-39(37,38)27-9-5-2-6-10-27/h1-20,34H,(H,32,36)/b31-19-. The van der Waals surface area contributed by atoms with E-state index in [-0.39, 0.29) is 16.3 Å². The van der Waals surface area contributed by atoms with Crippen LogP contribution in [0.1, 0.15) is 15.9 Å². The molecule has 5 aromatic rings. The molecule has 4 aromatic carbocycles. The van der Waals surface area contributed by atoms with Gasteiger partial charge in [-0.05, 0) is 72.8 Å². The molecule has 0 atom stereocenters. The van der Waals surface area contributed by atoms with Crippen LogP contribution in [0, 0.1) is 5.82 Å². The van der Waals surface area contributed by atoms with Crippen LogP contribution in [0.2, 0.25) is 0 Å². The minimum atomic E-state index is -3.74. The van der Waals surface area contributed by atoms with Crippen LogP contribution in [0.25, 0.3) is 16.9 Å². The number of amides is 1. The number of benzene rings is 4. The first-order chi connectivity index (χ1) is 18.9. The smallest absolute Gasteiger partial charge is 0.271 e. The summed E-state index contributed by atoms with van der Waals surface area (Å²) in [4.78, 5) is 12.8. The lowest BCUT2D eigenvalue weighted by molar-refractivity contribution is 0.0955. The SMILES string of the molecule is O=C(N/N=C\c1cn(-c2ccccc2)nc1-c1ccc(F)cc1)c1ccc(NS(=O)(=O)c2ccccc2)cc1. The summed E-state index contributed by atoms with van der Waals surface area (Å²) in [6, 6.07) is 29.4. The van der Waals surface area contributed by atoms with Gasteiger partial charge >= 0.3 is 0 Å². The molecular formula is C29H22FN5O3S. The number of carbonyl (C=O) groups excluding carboxylic acids is 1. The van der Waals surface area contributed by atoms with Gasteiger partial charge in [-0.2, -0.15) is 10.2 Å². The van der Waals surface area contributed by atoms with Gasteiger partial charge in [0.05, 0.1) is 16.8 Å². The average Bonchev–Trinajstić information content (AvgIpc) is 3.39. The Morgan fingerprint density at radius 2 is 1.49 bits per heavy atom. The molecule has 5 rings (SSSR count). The third-order valence-electron chi connectivity index (χ3n) is 5.70. The summed E-state index contributed by atoms with van der Waals surface area (Å²) in [6.07, 6.45) is 3.22.